The molecular weight excluding hydrogens is 549 g/mol. The number of nitrogens with two attached hydrogens (primary N) is 3. The van der Waals surface area contributed by atoms with Gasteiger partial charge in [0.15, 0.2) is 17.4 Å². The molecule has 3 aromatic rings. The van der Waals surface area contributed by atoms with Crippen LogP contribution in [-0.4, -0.2) is 40.0 Å². The summed E-state index contributed by atoms with van der Waals surface area (Å²) in [5.74, 6) is -11.6. The molecule has 11 nitrogen and oxygen atoms in total. The van der Waals surface area contributed by atoms with Crippen LogP contribution < -0.4 is 27.3 Å². The van der Waals surface area contributed by atoms with E-state index in [9.17, 15) is 36.3 Å². The van der Waals surface area contributed by atoms with E-state index in [1.54, 1.807) is 18.2 Å². The van der Waals surface area contributed by atoms with Crippen molar-refractivity contribution in [1.82, 2.24) is 4.98 Å². The topological polar surface area (TPSA) is 201 Å². The number of carboxylic acid groups (broad SMARTS) is 1. The number of carbonyl (C=O) groups is 4. The van der Waals surface area contributed by atoms with Gasteiger partial charge in [0, 0.05) is 24.4 Å². The fraction of sp³-hybridized carbons (Fsp3) is 0.125. The molecule has 212 valence electrons. The average Bonchev–Trinajstić information content (AvgIpc) is 2.85. The van der Waals surface area contributed by atoms with Gasteiger partial charge in [-0.25, -0.2) is 18.6 Å². The molecule has 2 atom stereocenters. The van der Waals surface area contributed by atoms with E-state index in [2.05, 4.69) is 10.3 Å². The lowest BCUT2D eigenvalue weighted by atomic mass is 9.84. The Balaban J connectivity index is 0.000000708. The van der Waals surface area contributed by atoms with Gasteiger partial charge in [-0.05, 0) is 11.6 Å². The van der Waals surface area contributed by atoms with Gasteiger partial charge in [-0.2, -0.15) is 13.2 Å². The second-order valence-corrected chi connectivity index (χ2v) is 7.74. The van der Waals surface area contributed by atoms with E-state index in [-0.39, 0.29) is 17.1 Å². The Morgan fingerprint density at radius 2 is 1.52 bits per heavy atom. The van der Waals surface area contributed by atoms with Gasteiger partial charge in [0.05, 0.1) is 11.6 Å². The third kappa shape index (κ3) is 8.37. The highest BCUT2D eigenvalue weighted by Gasteiger charge is 2.39. The maximum atomic E-state index is 14.6. The molecule has 0 spiro atoms. The first-order valence-electron chi connectivity index (χ1n) is 10.7. The molecule has 1 heterocycles. The normalized spacial score (nSPS) is 12.2. The molecule has 8 N–H and O–H groups in total. The van der Waals surface area contributed by atoms with Crippen LogP contribution in [0.3, 0.4) is 0 Å². The smallest absolute Gasteiger partial charge is 0.475 e. The zero-order valence-electron chi connectivity index (χ0n) is 20.0. The molecule has 0 fully saturated rings. The number of benzene rings is 2. The van der Waals surface area contributed by atoms with Crippen molar-refractivity contribution in [2.24, 2.45) is 17.4 Å². The summed E-state index contributed by atoms with van der Waals surface area (Å²) in [5.41, 5.74) is 15.9. The van der Waals surface area contributed by atoms with Gasteiger partial charge in [0.1, 0.15) is 17.5 Å². The predicted molar refractivity (Wildman–Crippen MR) is 128 cm³/mol. The number of carboxylic acids is 1. The molecule has 0 aliphatic rings. The molecule has 3 amide bonds. The molecule has 0 aliphatic carbocycles. The Hall–Kier alpha value is -5.28. The number of anilines is 2. The van der Waals surface area contributed by atoms with Crippen LogP contribution in [0.25, 0.3) is 0 Å². The number of ether oxygens (including phenoxy) is 1. The molecule has 0 radical (unpaired) electrons. The summed E-state index contributed by atoms with van der Waals surface area (Å²) in [4.78, 5) is 49.5. The van der Waals surface area contributed by atoms with Crippen LogP contribution >= 0.6 is 0 Å². The minimum atomic E-state index is -5.08. The van der Waals surface area contributed by atoms with Crippen molar-refractivity contribution < 1.29 is 51.0 Å². The fourth-order valence-corrected chi connectivity index (χ4v) is 3.16. The highest BCUT2D eigenvalue weighted by molar-refractivity contribution is 6.10. The molecule has 0 saturated carbocycles. The van der Waals surface area contributed by atoms with Gasteiger partial charge in [0.25, 0.3) is 0 Å². The summed E-state index contributed by atoms with van der Waals surface area (Å²) in [6.07, 6.45) is -3.76. The number of hydrogen-bond acceptors (Lipinski definition) is 7. The van der Waals surface area contributed by atoms with Crippen molar-refractivity contribution >= 4 is 35.2 Å². The van der Waals surface area contributed by atoms with Gasteiger partial charge < -0.3 is 32.4 Å². The molecule has 40 heavy (non-hydrogen) atoms. The number of aromatic nitrogens is 1. The monoisotopic (exact) mass is 569 g/mol. The summed E-state index contributed by atoms with van der Waals surface area (Å²) >= 11 is 0. The number of nitrogens with one attached hydrogen (secondary N) is 1. The van der Waals surface area contributed by atoms with Crippen molar-refractivity contribution in [3.8, 4) is 11.5 Å². The summed E-state index contributed by atoms with van der Waals surface area (Å²) in [7, 11) is 0. The molecule has 0 bridgehead atoms. The highest BCUT2D eigenvalue weighted by atomic mass is 19.4. The first-order valence-corrected chi connectivity index (χ1v) is 10.7. The maximum Gasteiger partial charge on any atom is 0.490 e. The first kappa shape index (κ1) is 30.9. The van der Waals surface area contributed by atoms with E-state index >= 15 is 0 Å². The minimum Gasteiger partial charge on any atom is -0.475 e. The predicted octanol–water partition coefficient (Wildman–Crippen LogP) is 2.68. The number of alkyl halides is 3. The highest BCUT2D eigenvalue weighted by Crippen LogP contribution is 2.31. The Morgan fingerprint density at radius 3 is 2.02 bits per heavy atom. The lowest BCUT2D eigenvalue weighted by Crippen LogP contribution is -2.43. The minimum absolute atomic E-state index is 0.108. The Morgan fingerprint density at radius 1 is 0.925 bits per heavy atom. The van der Waals surface area contributed by atoms with Crippen molar-refractivity contribution in [1.29, 1.82) is 0 Å². The first-order chi connectivity index (χ1) is 18.6. The zero-order chi connectivity index (χ0) is 30.2. The Labute approximate surface area is 221 Å². The molecular formula is C24H20F5N5O6. The van der Waals surface area contributed by atoms with E-state index < -0.39 is 64.8 Å². The third-order valence-corrected chi connectivity index (χ3v) is 4.89. The summed E-state index contributed by atoms with van der Waals surface area (Å²) in [5, 5.41) is 9.21. The number of aliphatic carboxylic acids is 1. The molecule has 0 aliphatic heterocycles. The zero-order valence-corrected chi connectivity index (χ0v) is 20.0. The molecule has 2 unspecified atom stereocenters. The quantitative estimate of drug-likeness (QED) is 0.201. The molecule has 0 saturated heterocycles. The van der Waals surface area contributed by atoms with E-state index in [4.69, 9.17) is 31.8 Å². The van der Waals surface area contributed by atoms with Gasteiger partial charge >= 0.3 is 12.1 Å². The fourth-order valence-electron chi connectivity index (χ4n) is 3.16. The number of rotatable bonds is 8. The van der Waals surface area contributed by atoms with Gasteiger partial charge in [-0.15, -0.1) is 0 Å². The number of primary amides is 2. The van der Waals surface area contributed by atoms with Crippen LogP contribution in [-0.2, 0) is 19.2 Å². The van der Waals surface area contributed by atoms with E-state index in [0.717, 1.165) is 0 Å². The molecule has 3 rings (SSSR count). The lowest BCUT2D eigenvalue weighted by molar-refractivity contribution is -0.192. The van der Waals surface area contributed by atoms with E-state index in [1.165, 1.54) is 30.5 Å². The summed E-state index contributed by atoms with van der Waals surface area (Å²) < 4.78 is 66.1. The standard InChI is InChI=1S/C22H19F2N5O4.C2HF3O2/c23-13-10-16(33-12-6-7-28-17(25)8-12)14(24)9-15(13)29-22(32)19(21(27)31)18(20(26)30)11-4-2-1-3-5-11;3-2(4,5)1(6)7/h1-10,18-19H,(H2,25,28)(H2,26,30)(H2,27,31)(H,29,32);(H,6,7). The number of hydrogen-bond donors (Lipinski definition) is 5. The van der Waals surface area contributed by atoms with Crippen LogP contribution in [0.15, 0.2) is 60.8 Å². The second-order valence-electron chi connectivity index (χ2n) is 7.74. The SMILES string of the molecule is NC(=O)C(C(=O)Nc1cc(F)c(Oc2ccnc(N)c2)cc1F)C(C(N)=O)c1ccccc1.O=C(O)C(F)(F)F. The molecule has 2 aromatic carbocycles. The molecule has 1 aromatic heterocycles. The number of nitrogens with zero attached hydrogens (tertiary/aromatic N) is 1. The Bertz CT molecular complexity index is 1400. The van der Waals surface area contributed by atoms with Crippen molar-refractivity contribution in [2.75, 3.05) is 11.1 Å². The summed E-state index contributed by atoms with van der Waals surface area (Å²) in [6.45, 7) is 0. The van der Waals surface area contributed by atoms with Gasteiger partial charge in [-0.3, -0.25) is 14.4 Å². The van der Waals surface area contributed by atoms with Crippen LogP contribution in [0.2, 0.25) is 0 Å². The second kappa shape index (κ2) is 13.0. The number of nitrogen functional groups attached to an aromatic ring is 1. The van der Waals surface area contributed by atoms with Gasteiger partial charge in [0.2, 0.25) is 17.7 Å². The third-order valence-electron chi connectivity index (χ3n) is 4.89. The number of carbonyl (C=O) groups excluding carboxylic acids is 3. The average molecular weight is 569 g/mol. The number of amides is 3. The number of halogens is 5. The van der Waals surface area contributed by atoms with E-state index in [1.807, 2.05) is 0 Å². The van der Waals surface area contributed by atoms with E-state index in [0.29, 0.717) is 12.1 Å². The lowest BCUT2D eigenvalue weighted by Gasteiger charge is -2.22. The number of pyridine rings is 1. The molecule has 16 heteroatoms. The van der Waals surface area contributed by atoms with Crippen LogP contribution in [0, 0.1) is 17.6 Å². The van der Waals surface area contributed by atoms with Crippen molar-refractivity contribution in [3.05, 3.63) is 78.0 Å². The van der Waals surface area contributed by atoms with Gasteiger partial charge in [-0.1, -0.05) is 30.3 Å². The maximum absolute atomic E-state index is 14.6. The summed E-state index contributed by atoms with van der Waals surface area (Å²) in [6, 6.07) is 11.8. The largest absolute Gasteiger partial charge is 0.490 e. The van der Waals surface area contributed by atoms with Crippen molar-refractivity contribution in [3.63, 3.8) is 0 Å². The Kier molecular flexibility index (Phi) is 10.0. The van der Waals surface area contributed by atoms with Crippen LogP contribution in [0.5, 0.6) is 11.5 Å². The van der Waals surface area contributed by atoms with Crippen LogP contribution in [0.4, 0.5) is 33.5 Å². The van der Waals surface area contributed by atoms with Crippen LogP contribution in [0.1, 0.15) is 11.5 Å². The van der Waals surface area contributed by atoms with Crippen molar-refractivity contribution in [2.45, 2.75) is 12.1 Å².